The van der Waals surface area contributed by atoms with E-state index < -0.39 is 5.25 Å². The zero-order chi connectivity index (χ0) is 18.7. The van der Waals surface area contributed by atoms with Crippen LogP contribution >= 0.6 is 23.4 Å². The van der Waals surface area contributed by atoms with Crippen LogP contribution in [0.2, 0.25) is 5.02 Å². The molecular weight excluding hydrogens is 372 g/mol. The summed E-state index contributed by atoms with van der Waals surface area (Å²) in [4.78, 5) is 16.4. The Morgan fingerprint density at radius 3 is 2.73 bits per heavy atom. The monoisotopic (exact) mass is 388 g/mol. The van der Waals surface area contributed by atoms with Crippen molar-refractivity contribution in [2.75, 3.05) is 11.2 Å². The van der Waals surface area contributed by atoms with Gasteiger partial charge in [0.05, 0.1) is 10.3 Å². The lowest BCUT2D eigenvalue weighted by atomic mass is 10.1. The summed E-state index contributed by atoms with van der Waals surface area (Å²) in [5, 5.41) is 11.5. The largest absolute Gasteiger partial charge is 0.335 e. The van der Waals surface area contributed by atoms with Crippen LogP contribution in [0.1, 0.15) is 12.5 Å². The molecule has 134 valence electrons. The van der Waals surface area contributed by atoms with Gasteiger partial charge in [0.1, 0.15) is 5.82 Å². The third kappa shape index (κ3) is 3.97. The van der Waals surface area contributed by atoms with E-state index in [1.54, 1.807) is 19.1 Å². The number of hydrogen-bond donors (Lipinski definition) is 2. The highest BCUT2D eigenvalue weighted by molar-refractivity contribution is 8.00. The van der Waals surface area contributed by atoms with Gasteiger partial charge in [-0.2, -0.15) is 0 Å². The van der Waals surface area contributed by atoms with Gasteiger partial charge in [-0.15, -0.1) is 10.2 Å². The molecule has 9 heteroatoms. The molecule has 0 saturated heterocycles. The molecular formula is C17H17ClN6OS. The predicted molar refractivity (Wildman–Crippen MR) is 104 cm³/mol. The number of aromatic nitrogens is 4. The summed E-state index contributed by atoms with van der Waals surface area (Å²) in [6.45, 7) is 3.74. The molecule has 3 N–H and O–H groups in total. The number of halogens is 1. The molecule has 2 heterocycles. The second-order valence-corrected chi connectivity index (χ2v) is 7.35. The van der Waals surface area contributed by atoms with Gasteiger partial charge in [-0.05, 0) is 31.5 Å². The van der Waals surface area contributed by atoms with Gasteiger partial charge in [0.25, 0.3) is 0 Å². The molecule has 3 aromatic rings. The number of rotatable bonds is 5. The van der Waals surface area contributed by atoms with Gasteiger partial charge < -0.3 is 11.2 Å². The Balaban J connectivity index is 1.71. The Bertz CT molecular complexity index is 927. The molecule has 1 aromatic carbocycles. The Kier molecular flexibility index (Phi) is 5.43. The summed E-state index contributed by atoms with van der Waals surface area (Å²) in [6, 6.07) is 11.1. The topological polar surface area (TPSA) is 98.7 Å². The van der Waals surface area contributed by atoms with E-state index in [-0.39, 0.29) is 5.91 Å². The van der Waals surface area contributed by atoms with Gasteiger partial charge in [0.15, 0.2) is 5.82 Å². The van der Waals surface area contributed by atoms with Crippen LogP contribution in [0, 0.1) is 6.92 Å². The SMILES string of the molecule is Cc1ccccc1-c1nnc(S[C@H](C)C(=O)Nc2ccc(Cl)cn2)n1N. The normalized spacial score (nSPS) is 12.0. The lowest BCUT2D eigenvalue weighted by Crippen LogP contribution is -2.24. The van der Waals surface area contributed by atoms with Crippen LogP contribution in [-0.2, 0) is 4.79 Å². The van der Waals surface area contributed by atoms with Crippen LogP contribution in [-0.4, -0.2) is 31.0 Å². The van der Waals surface area contributed by atoms with Crippen molar-refractivity contribution in [3.05, 3.63) is 53.2 Å². The van der Waals surface area contributed by atoms with E-state index in [0.29, 0.717) is 21.8 Å². The first-order chi connectivity index (χ1) is 12.5. The molecule has 1 amide bonds. The number of nitrogens with two attached hydrogens (primary N) is 1. The van der Waals surface area contributed by atoms with Crippen LogP contribution < -0.4 is 11.2 Å². The van der Waals surface area contributed by atoms with E-state index in [4.69, 9.17) is 17.4 Å². The lowest BCUT2D eigenvalue weighted by molar-refractivity contribution is -0.115. The molecule has 26 heavy (non-hydrogen) atoms. The average molecular weight is 389 g/mol. The molecule has 1 atom stereocenters. The van der Waals surface area contributed by atoms with Crippen molar-refractivity contribution in [2.24, 2.45) is 0 Å². The number of nitrogens with one attached hydrogen (secondary N) is 1. The molecule has 0 saturated carbocycles. The molecule has 0 aliphatic carbocycles. The highest BCUT2D eigenvalue weighted by Gasteiger charge is 2.20. The number of hydrogen-bond acceptors (Lipinski definition) is 6. The van der Waals surface area contributed by atoms with Crippen LogP contribution in [0.25, 0.3) is 11.4 Å². The van der Waals surface area contributed by atoms with Crippen molar-refractivity contribution in [1.82, 2.24) is 19.9 Å². The summed E-state index contributed by atoms with van der Waals surface area (Å²) in [5.41, 5.74) is 1.94. The molecule has 0 unspecified atom stereocenters. The number of amides is 1. The third-order valence-corrected chi connectivity index (χ3v) is 4.96. The summed E-state index contributed by atoms with van der Waals surface area (Å²) < 4.78 is 1.40. The maximum atomic E-state index is 12.3. The molecule has 0 aliphatic rings. The van der Waals surface area contributed by atoms with E-state index in [0.717, 1.165) is 11.1 Å². The molecule has 2 aromatic heterocycles. The van der Waals surface area contributed by atoms with Crippen LogP contribution in [0.15, 0.2) is 47.8 Å². The second kappa shape index (κ2) is 7.76. The first-order valence-corrected chi connectivity index (χ1v) is 9.07. The number of nitrogens with zero attached hydrogens (tertiary/aromatic N) is 4. The number of aryl methyl sites for hydroxylation is 1. The van der Waals surface area contributed by atoms with E-state index in [1.807, 2.05) is 31.2 Å². The number of carbonyl (C=O) groups is 1. The summed E-state index contributed by atoms with van der Waals surface area (Å²) in [7, 11) is 0. The van der Waals surface area contributed by atoms with Crippen molar-refractivity contribution < 1.29 is 4.79 Å². The van der Waals surface area contributed by atoms with Gasteiger partial charge >= 0.3 is 0 Å². The van der Waals surface area contributed by atoms with Gasteiger partial charge in [-0.1, -0.05) is 47.6 Å². The average Bonchev–Trinajstić information content (AvgIpc) is 2.98. The first kappa shape index (κ1) is 18.2. The van der Waals surface area contributed by atoms with Gasteiger partial charge in [-0.25, -0.2) is 9.66 Å². The van der Waals surface area contributed by atoms with Crippen molar-refractivity contribution in [3.63, 3.8) is 0 Å². The molecule has 0 aliphatic heterocycles. The maximum Gasteiger partial charge on any atom is 0.238 e. The minimum Gasteiger partial charge on any atom is -0.335 e. The molecule has 0 bridgehead atoms. The van der Waals surface area contributed by atoms with E-state index in [9.17, 15) is 4.79 Å². The molecule has 0 fully saturated rings. The Labute approximate surface area is 159 Å². The fourth-order valence-corrected chi connectivity index (χ4v) is 3.14. The fourth-order valence-electron chi connectivity index (χ4n) is 2.25. The zero-order valence-electron chi connectivity index (χ0n) is 14.2. The highest BCUT2D eigenvalue weighted by atomic mass is 35.5. The van der Waals surface area contributed by atoms with Crippen molar-refractivity contribution in [2.45, 2.75) is 24.3 Å². The van der Waals surface area contributed by atoms with Crippen LogP contribution in [0.4, 0.5) is 5.82 Å². The summed E-state index contributed by atoms with van der Waals surface area (Å²) in [5.74, 6) is 6.90. The van der Waals surface area contributed by atoms with E-state index in [1.165, 1.54) is 22.6 Å². The molecule has 7 nitrogen and oxygen atoms in total. The Morgan fingerprint density at radius 1 is 1.27 bits per heavy atom. The van der Waals surface area contributed by atoms with Gasteiger partial charge in [-0.3, -0.25) is 4.79 Å². The minimum absolute atomic E-state index is 0.217. The number of nitrogen functional groups attached to an aromatic ring is 1. The van der Waals surface area contributed by atoms with Crippen LogP contribution in [0.5, 0.6) is 0 Å². The van der Waals surface area contributed by atoms with Crippen LogP contribution in [0.3, 0.4) is 0 Å². The lowest BCUT2D eigenvalue weighted by Gasteiger charge is -2.11. The standard InChI is InChI=1S/C17H17ClN6OS/c1-10-5-3-4-6-13(10)15-22-23-17(24(15)19)26-11(2)16(25)21-14-8-7-12(18)9-20-14/h3-9,11H,19H2,1-2H3,(H,20,21,25)/t11-/m1/s1. The van der Waals surface area contributed by atoms with Crippen molar-refractivity contribution >= 4 is 35.1 Å². The zero-order valence-corrected chi connectivity index (χ0v) is 15.8. The number of benzene rings is 1. The van der Waals surface area contributed by atoms with E-state index in [2.05, 4.69) is 20.5 Å². The molecule has 3 rings (SSSR count). The highest BCUT2D eigenvalue weighted by Crippen LogP contribution is 2.26. The molecule has 0 radical (unpaired) electrons. The smallest absolute Gasteiger partial charge is 0.238 e. The fraction of sp³-hybridized carbons (Fsp3) is 0.176. The predicted octanol–water partition coefficient (Wildman–Crippen LogP) is 3.14. The second-order valence-electron chi connectivity index (χ2n) is 5.60. The number of carbonyl (C=O) groups excluding carboxylic acids is 1. The van der Waals surface area contributed by atoms with Crippen molar-refractivity contribution in [3.8, 4) is 11.4 Å². The van der Waals surface area contributed by atoms with Gasteiger partial charge in [0, 0.05) is 11.8 Å². The first-order valence-electron chi connectivity index (χ1n) is 7.81. The van der Waals surface area contributed by atoms with Crippen molar-refractivity contribution in [1.29, 1.82) is 0 Å². The molecule has 0 spiro atoms. The Hall–Kier alpha value is -2.58. The summed E-state index contributed by atoms with van der Waals surface area (Å²) >= 11 is 7.01. The van der Waals surface area contributed by atoms with E-state index >= 15 is 0 Å². The quantitative estimate of drug-likeness (QED) is 0.514. The number of pyridine rings is 1. The number of anilines is 1. The van der Waals surface area contributed by atoms with Gasteiger partial charge in [0.2, 0.25) is 11.1 Å². The Morgan fingerprint density at radius 2 is 2.04 bits per heavy atom. The summed E-state index contributed by atoms with van der Waals surface area (Å²) in [6.07, 6.45) is 1.47. The number of thioether (sulfide) groups is 1. The maximum absolute atomic E-state index is 12.3. The third-order valence-electron chi connectivity index (χ3n) is 3.68. The minimum atomic E-state index is -0.441.